The number of ether oxygens (including phenoxy) is 2. The molecule has 0 saturated heterocycles. The first-order valence-electron chi connectivity index (χ1n) is 11.2. The molecule has 0 bridgehead atoms. The number of benzene rings is 2. The van der Waals surface area contributed by atoms with E-state index in [2.05, 4.69) is 12.2 Å². The molecule has 1 fully saturated rings. The van der Waals surface area contributed by atoms with Crippen LogP contribution in [0.25, 0.3) is 0 Å². The van der Waals surface area contributed by atoms with Gasteiger partial charge in [0.05, 0.1) is 7.11 Å². The molecule has 0 aliphatic heterocycles. The molecule has 2 aromatic rings. The number of nitrogens with one attached hydrogen (secondary N) is 1. The third kappa shape index (κ3) is 7.42. The lowest BCUT2D eigenvalue weighted by molar-refractivity contribution is -0.145. The van der Waals surface area contributed by atoms with Crippen molar-refractivity contribution in [2.75, 3.05) is 7.11 Å². The van der Waals surface area contributed by atoms with Crippen LogP contribution in [0.4, 0.5) is 0 Å². The van der Waals surface area contributed by atoms with Gasteiger partial charge in [-0.05, 0) is 47.9 Å². The lowest BCUT2D eigenvalue weighted by Gasteiger charge is -2.26. The number of hydrogen-bond acceptors (Lipinski definition) is 4. The summed E-state index contributed by atoms with van der Waals surface area (Å²) in [7, 11) is 1.35. The van der Waals surface area contributed by atoms with E-state index in [1.165, 1.54) is 20.0 Å². The average molecular weight is 424 g/mol. The summed E-state index contributed by atoms with van der Waals surface area (Å²) >= 11 is 0. The molecule has 5 heteroatoms. The normalized spacial score (nSPS) is 19.3. The van der Waals surface area contributed by atoms with Gasteiger partial charge in [0.2, 0.25) is 5.91 Å². The van der Waals surface area contributed by atoms with Gasteiger partial charge in [-0.3, -0.25) is 4.79 Å². The second-order valence-electron chi connectivity index (χ2n) is 8.60. The number of amides is 1. The van der Waals surface area contributed by atoms with Crippen molar-refractivity contribution in [1.82, 2.24) is 5.32 Å². The highest BCUT2D eigenvalue weighted by molar-refractivity contribution is 5.84. The highest BCUT2D eigenvalue weighted by Crippen LogP contribution is 2.30. The molecule has 2 aromatic carbocycles. The molecule has 0 radical (unpaired) electrons. The van der Waals surface area contributed by atoms with Gasteiger partial charge in [0.1, 0.15) is 18.4 Å². The molecular weight excluding hydrogens is 390 g/mol. The Morgan fingerprint density at radius 1 is 0.968 bits per heavy atom. The highest BCUT2D eigenvalue weighted by atomic mass is 16.5. The first kappa shape index (κ1) is 22.9. The van der Waals surface area contributed by atoms with Crippen molar-refractivity contribution in [3.05, 3.63) is 65.7 Å². The first-order chi connectivity index (χ1) is 15.0. The van der Waals surface area contributed by atoms with Crippen LogP contribution < -0.4 is 10.1 Å². The van der Waals surface area contributed by atoms with Crippen LogP contribution >= 0.6 is 0 Å². The quantitative estimate of drug-likeness (QED) is 0.595. The van der Waals surface area contributed by atoms with E-state index in [4.69, 9.17) is 9.47 Å². The smallest absolute Gasteiger partial charge is 0.328 e. The number of hydrogen-bond donors (Lipinski definition) is 1. The predicted octanol–water partition coefficient (Wildman–Crippen LogP) is 4.68. The Balaban J connectivity index is 1.52. The molecule has 5 nitrogen and oxygen atoms in total. The summed E-state index contributed by atoms with van der Waals surface area (Å²) in [6, 6.07) is 16.9. The Kier molecular flexibility index (Phi) is 8.51. The van der Waals surface area contributed by atoms with Gasteiger partial charge in [-0.25, -0.2) is 4.79 Å². The fourth-order valence-corrected chi connectivity index (χ4v) is 4.08. The van der Waals surface area contributed by atoms with Crippen molar-refractivity contribution in [2.45, 2.75) is 58.1 Å². The van der Waals surface area contributed by atoms with Crippen LogP contribution in [0.5, 0.6) is 5.75 Å². The summed E-state index contributed by atoms with van der Waals surface area (Å²) in [6.45, 7) is 2.77. The van der Waals surface area contributed by atoms with Crippen LogP contribution in [0.2, 0.25) is 0 Å². The van der Waals surface area contributed by atoms with Crippen molar-refractivity contribution in [1.29, 1.82) is 0 Å². The third-order valence-corrected chi connectivity index (χ3v) is 6.04. The summed E-state index contributed by atoms with van der Waals surface area (Å²) in [5, 5.41) is 2.89. The number of methoxy groups -OCH3 is 1. The van der Waals surface area contributed by atoms with Gasteiger partial charge in [0, 0.05) is 12.8 Å². The molecule has 166 valence electrons. The fourth-order valence-electron chi connectivity index (χ4n) is 4.08. The number of carbonyl (C=O) groups excluding carboxylic acids is 2. The zero-order valence-electron chi connectivity index (χ0n) is 18.5. The van der Waals surface area contributed by atoms with E-state index >= 15 is 0 Å². The van der Waals surface area contributed by atoms with E-state index in [9.17, 15) is 9.59 Å². The van der Waals surface area contributed by atoms with Crippen LogP contribution in [0, 0.1) is 11.8 Å². The van der Waals surface area contributed by atoms with Crippen molar-refractivity contribution < 1.29 is 19.1 Å². The van der Waals surface area contributed by atoms with Crippen LogP contribution in [0.1, 0.15) is 50.2 Å². The molecule has 0 heterocycles. The molecule has 1 saturated carbocycles. The Morgan fingerprint density at radius 2 is 1.65 bits per heavy atom. The maximum Gasteiger partial charge on any atom is 0.328 e. The van der Waals surface area contributed by atoms with Crippen molar-refractivity contribution >= 4 is 11.9 Å². The molecule has 31 heavy (non-hydrogen) atoms. The van der Waals surface area contributed by atoms with Gasteiger partial charge in [0.15, 0.2) is 0 Å². The van der Waals surface area contributed by atoms with E-state index in [0.717, 1.165) is 35.6 Å². The molecule has 1 N–H and O–H groups in total. The standard InChI is InChI=1S/C26H33NO4/c1-19-8-10-21(11-9-19)17-25(28)27-24(26(29)30-2)16-20-12-14-23(15-13-20)31-18-22-6-4-3-5-7-22/h3-7,12-15,19,21,24H,8-11,16-18H2,1-2H3,(H,27,28)/t19-,21-,24-/m0/s1. The Morgan fingerprint density at radius 3 is 2.29 bits per heavy atom. The minimum Gasteiger partial charge on any atom is -0.489 e. The summed E-state index contributed by atoms with van der Waals surface area (Å²) in [6.07, 6.45) is 5.39. The molecule has 1 amide bonds. The Labute approximate surface area is 185 Å². The van der Waals surface area contributed by atoms with Crippen LogP contribution in [-0.4, -0.2) is 25.0 Å². The molecule has 3 rings (SSSR count). The summed E-state index contributed by atoms with van der Waals surface area (Å²) in [5.74, 6) is 1.43. The number of carbonyl (C=O) groups is 2. The summed E-state index contributed by atoms with van der Waals surface area (Å²) in [4.78, 5) is 24.8. The zero-order chi connectivity index (χ0) is 22.1. The number of esters is 1. The van der Waals surface area contributed by atoms with Crippen LogP contribution in [0.15, 0.2) is 54.6 Å². The topological polar surface area (TPSA) is 64.6 Å². The lowest BCUT2D eigenvalue weighted by Crippen LogP contribution is -2.43. The zero-order valence-corrected chi connectivity index (χ0v) is 18.5. The van der Waals surface area contributed by atoms with E-state index in [-0.39, 0.29) is 5.91 Å². The van der Waals surface area contributed by atoms with Gasteiger partial charge < -0.3 is 14.8 Å². The van der Waals surface area contributed by atoms with Gasteiger partial charge in [-0.2, -0.15) is 0 Å². The molecule has 1 aliphatic carbocycles. The maximum absolute atomic E-state index is 12.5. The monoisotopic (exact) mass is 423 g/mol. The summed E-state index contributed by atoms with van der Waals surface area (Å²) in [5.41, 5.74) is 2.04. The maximum atomic E-state index is 12.5. The van der Waals surface area contributed by atoms with Crippen molar-refractivity contribution in [3.8, 4) is 5.75 Å². The molecular formula is C26H33NO4. The van der Waals surface area contributed by atoms with Crippen LogP contribution in [0.3, 0.4) is 0 Å². The van der Waals surface area contributed by atoms with E-state index in [1.54, 1.807) is 0 Å². The fraction of sp³-hybridized carbons (Fsp3) is 0.462. The predicted molar refractivity (Wildman–Crippen MR) is 121 cm³/mol. The molecule has 1 atom stereocenters. The van der Waals surface area contributed by atoms with E-state index in [0.29, 0.717) is 25.4 Å². The van der Waals surface area contributed by atoms with Gasteiger partial charge >= 0.3 is 5.97 Å². The Bertz CT molecular complexity index is 826. The minimum absolute atomic E-state index is 0.0715. The lowest BCUT2D eigenvalue weighted by atomic mass is 9.81. The second-order valence-corrected chi connectivity index (χ2v) is 8.60. The summed E-state index contributed by atoms with van der Waals surface area (Å²) < 4.78 is 10.7. The number of rotatable bonds is 9. The Hall–Kier alpha value is -2.82. The average Bonchev–Trinajstić information content (AvgIpc) is 2.80. The molecule has 1 aliphatic rings. The van der Waals surface area contributed by atoms with Gasteiger partial charge in [0.25, 0.3) is 0 Å². The van der Waals surface area contributed by atoms with Crippen molar-refractivity contribution in [3.63, 3.8) is 0 Å². The highest BCUT2D eigenvalue weighted by Gasteiger charge is 2.25. The molecule has 0 spiro atoms. The molecule has 0 aromatic heterocycles. The van der Waals surface area contributed by atoms with Crippen LogP contribution in [-0.2, 0) is 27.4 Å². The third-order valence-electron chi connectivity index (χ3n) is 6.04. The molecule has 0 unspecified atom stereocenters. The second kappa shape index (κ2) is 11.5. The van der Waals surface area contributed by atoms with Gasteiger partial charge in [-0.1, -0.05) is 62.2 Å². The largest absolute Gasteiger partial charge is 0.489 e. The van der Waals surface area contributed by atoms with E-state index < -0.39 is 12.0 Å². The van der Waals surface area contributed by atoms with E-state index in [1.807, 2.05) is 54.6 Å². The first-order valence-corrected chi connectivity index (χ1v) is 11.2. The SMILES string of the molecule is COC(=O)[C@H](Cc1ccc(OCc2ccccc2)cc1)NC(=O)C[C@H]1CC[C@H](C)CC1. The van der Waals surface area contributed by atoms with Crippen molar-refractivity contribution in [2.24, 2.45) is 11.8 Å². The van der Waals surface area contributed by atoms with Gasteiger partial charge in [-0.15, -0.1) is 0 Å². The minimum atomic E-state index is -0.684.